The van der Waals surface area contributed by atoms with Crippen LogP contribution in [0.3, 0.4) is 0 Å². The lowest BCUT2D eigenvalue weighted by molar-refractivity contribution is 0.166. The molecule has 0 fully saturated rings. The number of hydrogen-bond donors (Lipinski definition) is 0. The maximum Gasteiger partial charge on any atom is 0.187 e. The third-order valence-electron chi connectivity index (χ3n) is 6.46. The molecule has 2 aliphatic heterocycles. The summed E-state index contributed by atoms with van der Waals surface area (Å²) in [7, 11) is 0. The van der Waals surface area contributed by atoms with Gasteiger partial charge in [0.2, 0.25) is 0 Å². The number of thiophene rings is 2. The molecule has 6 rings (SSSR count). The zero-order chi connectivity index (χ0) is 27.3. The average molecular weight is 615 g/mol. The van der Waals surface area contributed by atoms with Crippen molar-refractivity contribution in [2.24, 2.45) is 0 Å². The van der Waals surface area contributed by atoms with Gasteiger partial charge in [0, 0.05) is 9.79 Å². The Labute approximate surface area is 250 Å². The predicted molar refractivity (Wildman–Crippen MR) is 164 cm³/mol. The maximum atomic E-state index is 6.19. The van der Waals surface area contributed by atoms with Gasteiger partial charge in [-0.25, -0.2) is 0 Å². The summed E-state index contributed by atoms with van der Waals surface area (Å²) in [5, 5.41) is 0. The van der Waals surface area contributed by atoms with Crippen LogP contribution >= 0.6 is 58.0 Å². The largest absolute Gasteiger partial charge is 0.484 e. The van der Waals surface area contributed by atoms with Crippen LogP contribution in [0.5, 0.6) is 23.0 Å². The van der Waals surface area contributed by atoms with Crippen LogP contribution in [0, 0.1) is 41.5 Å². The normalized spacial score (nSPS) is 14.1. The molecule has 0 saturated heterocycles. The minimum absolute atomic E-state index is 0.555. The quantitative estimate of drug-likeness (QED) is 0.214. The average Bonchev–Trinajstić information content (AvgIpc) is 3.42. The molecule has 4 nitrogen and oxygen atoms in total. The number of ether oxygens (including phenoxy) is 4. The lowest BCUT2D eigenvalue weighted by Crippen LogP contribution is -2.15. The number of benzene rings is 2. The summed E-state index contributed by atoms with van der Waals surface area (Å²) in [6.07, 6.45) is 0. The third kappa shape index (κ3) is 5.40. The molecule has 0 unspecified atom stereocenters. The van der Waals surface area contributed by atoms with Crippen molar-refractivity contribution in [3.05, 3.63) is 57.6 Å². The second kappa shape index (κ2) is 11.2. The molecule has 0 bridgehead atoms. The summed E-state index contributed by atoms with van der Waals surface area (Å²) in [5.74, 6) is 3.42. The van der Waals surface area contributed by atoms with Crippen LogP contribution in [0.25, 0.3) is 0 Å². The molecule has 0 N–H and O–H groups in total. The first-order valence-electron chi connectivity index (χ1n) is 12.8. The molecule has 0 atom stereocenters. The third-order valence-corrected chi connectivity index (χ3v) is 13.1. The summed E-state index contributed by atoms with van der Waals surface area (Å²) in [6, 6.07) is 8.98. The SMILES string of the molecule is Cc1cc(C)c(Sc2sc(Sc3sc(Sc4c(C)cc(C)cc4C)c4c3OCCO4)c3c2OCCO3)c(C)c1. The minimum atomic E-state index is 0.555. The molecule has 0 saturated carbocycles. The van der Waals surface area contributed by atoms with Crippen LogP contribution in [0.2, 0.25) is 0 Å². The fourth-order valence-corrected chi connectivity index (χ4v) is 11.8. The van der Waals surface area contributed by atoms with Gasteiger partial charge < -0.3 is 18.9 Å². The molecule has 2 aliphatic rings. The van der Waals surface area contributed by atoms with E-state index in [1.165, 1.54) is 43.2 Å². The van der Waals surface area contributed by atoms with E-state index in [1.807, 2.05) is 0 Å². The molecule has 39 heavy (non-hydrogen) atoms. The number of aryl methyl sites for hydroxylation is 6. The van der Waals surface area contributed by atoms with Crippen molar-refractivity contribution >= 4 is 58.0 Å². The summed E-state index contributed by atoms with van der Waals surface area (Å²) >= 11 is 8.73. The van der Waals surface area contributed by atoms with E-state index in [2.05, 4.69) is 65.8 Å². The predicted octanol–water partition coefficient (Wildman–Crippen LogP) is 9.66. The summed E-state index contributed by atoms with van der Waals surface area (Å²) < 4.78 is 29.2. The van der Waals surface area contributed by atoms with Crippen molar-refractivity contribution in [3.8, 4) is 23.0 Å². The van der Waals surface area contributed by atoms with Crippen LogP contribution in [0.4, 0.5) is 0 Å². The van der Waals surface area contributed by atoms with Crippen molar-refractivity contribution in [2.75, 3.05) is 26.4 Å². The highest BCUT2D eigenvalue weighted by Crippen LogP contribution is 2.61. The fourth-order valence-electron chi connectivity index (χ4n) is 4.99. The Bertz CT molecular complexity index is 1410. The monoisotopic (exact) mass is 614 g/mol. The minimum Gasteiger partial charge on any atom is -0.484 e. The first-order chi connectivity index (χ1) is 18.8. The van der Waals surface area contributed by atoms with Gasteiger partial charge in [-0.1, -0.05) is 70.7 Å². The molecule has 0 radical (unpaired) electrons. The zero-order valence-electron chi connectivity index (χ0n) is 22.8. The van der Waals surface area contributed by atoms with E-state index in [4.69, 9.17) is 18.9 Å². The van der Waals surface area contributed by atoms with Crippen molar-refractivity contribution in [1.29, 1.82) is 0 Å². The van der Waals surface area contributed by atoms with Gasteiger partial charge in [-0.05, 0) is 63.8 Å². The maximum absolute atomic E-state index is 6.19. The topological polar surface area (TPSA) is 36.9 Å². The standard InChI is InChI=1S/C30H30O4S5/c1-15-11-17(3)25(18(4)12-15)35-27-21-23(33-9-7-31-21)29(37-27)39-30-24-22(32-8-10-34-24)28(38-30)36-26-19(5)13-16(2)14-20(26)6/h11-14H,7-10H2,1-6H3. The molecular weight excluding hydrogens is 585 g/mol. The summed E-state index contributed by atoms with van der Waals surface area (Å²) in [6.45, 7) is 15.3. The van der Waals surface area contributed by atoms with Crippen LogP contribution in [-0.4, -0.2) is 26.4 Å². The summed E-state index contributed by atoms with van der Waals surface area (Å²) in [4.78, 5) is 2.56. The molecule has 0 amide bonds. The molecule has 9 heteroatoms. The molecule has 204 valence electrons. The van der Waals surface area contributed by atoms with Gasteiger partial charge in [-0.3, -0.25) is 0 Å². The molecule has 0 aliphatic carbocycles. The van der Waals surface area contributed by atoms with Crippen LogP contribution < -0.4 is 18.9 Å². The van der Waals surface area contributed by atoms with Crippen molar-refractivity contribution in [1.82, 2.24) is 0 Å². The fraction of sp³-hybridized carbons (Fsp3) is 0.333. The second-order valence-corrected chi connectivity index (χ2v) is 16.0. The first-order valence-corrected chi connectivity index (χ1v) is 16.9. The molecule has 2 aromatic carbocycles. The smallest absolute Gasteiger partial charge is 0.187 e. The van der Waals surface area contributed by atoms with Crippen molar-refractivity contribution in [3.63, 3.8) is 0 Å². The van der Waals surface area contributed by atoms with E-state index in [0.717, 1.165) is 39.8 Å². The van der Waals surface area contributed by atoms with E-state index in [-0.39, 0.29) is 0 Å². The highest BCUT2D eigenvalue weighted by atomic mass is 32.2. The Kier molecular flexibility index (Phi) is 7.81. The van der Waals surface area contributed by atoms with E-state index in [0.29, 0.717) is 26.4 Å². The molecule has 0 spiro atoms. The lowest BCUT2D eigenvalue weighted by atomic mass is 10.1. The van der Waals surface area contributed by atoms with Crippen LogP contribution in [0.15, 0.2) is 50.9 Å². The van der Waals surface area contributed by atoms with E-state index in [9.17, 15) is 0 Å². The van der Waals surface area contributed by atoms with Gasteiger partial charge in [0.15, 0.2) is 23.0 Å². The zero-order valence-corrected chi connectivity index (χ0v) is 26.9. The van der Waals surface area contributed by atoms with E-state index in [1.54, 1.807) is 58.0 Å². The Morgan fingerprint density at radius 1 is 0.462 bits per heavy atom. The van der Waals surface area contributed by atoms with Crippen LogP contribution in [-0.2, 0) is 0 Å². The number of fused-ring (bicyclic) bond motifs is 2. The molecule has 2 aromatic heterocycles. The van der Waals surface area contributed by atoms with Gasteiger partial charge in [0.1, 0.15) is 43.3 Å². The Hall–Kier alpha value is -1.91. The van der Waals surface area contributed by atoms with Crippen LogP contribution in [0.1, 0.15) is 33.4 Å². The Morgan fingerprint density at radius 3 is 1.05 bits per heavy atom. The molecular formula is C30H30O4S5. The van der Waals surface area contributed by atoms with Gasteiger partial charge in [-0.2, -0.15) is 0 Å². The van der Waals surface area contributed by atoms with Crippen molar-refractivity contribution < 1.29 is 18.9 Å². The van der Waals surface area contributed by atoms with Gasteiger partial charge >= 0.3 is 0 Å². The molecule has 4 aromatic rings. The van der Waals surface area contributed by atoms with Gasteiger partial charge in [0.25, 0.3) is 0 Å². The highest BCUT2D eigenvalue weighted by Gasteiger charge is 2.31. The van der Waals surface area contributed by atoms with Crippen molar-refractivity contribution in [2.45, 2.75) is 68.2 Å². The van der Waals surface area contributed by atoms with E-state index >= 15 is 0 Å². The highest BCUT2D eigenvalue weighted by molar-refractivity contribution is 8.05. The van der Waals surface area contributed by atoms with E-state index < -0.39 is 0 Å². The lowest BCUT2D eigenvalue weighted by Gasteiger charge is -2.18. The second-order valence-electron chi connectivity index (χ2n) is 9.83. The first kappa shape index (κ1) is 27.3. The molecule has 4 heterocycles. The van der Waals surface area contributed by atoms with Gasteiger partial charge in [-0.15, -0.1) is 22.7 Å². The number of rotatable bonds is 6. The number of hydrogen-bond acceptors (Lipinski definition) is 9. The Balaban J connectivity index is 1.36. The Morgan fingerprint density at radius 2 is 0.744 bits per heavy atom. The van der Waals surface area contributed by atoms with Gasteiger partial charge in [0.05, 0.1) is 0 Å². The summed E-state index contributed by atoms with van der Waals surface area (Å²) in [5.41, 5.74) is 7.71.